The molecular formula is C17H27N3O2. The van der Waals surface area contributed by atoms with Crippen molar-refractivity contribution in [2.24, 2.45) is 5.73 Å². The number of rotatable bonds is 10. The Bertz CT molecular complexity index is 457. The lowest BCUT2D eigenvalue weighted by atomic mass is 10.1. The van der Waals surface area contributed by atoms with Gasteiger partial charge in [-0.25, -0.2) is 0 Å². The predicted octanol–water partition coefficient (Wildman–Crippen LogP) is 1.96. The Morgan fingerprint density at radius 1 is 1.00 bits per heavy atom. The number of nitrogens with two attached hydrogens (primary N) is 1. The van der Waals surface area contributed by atoms with Gasteiger partial charge in [0.05, 0.1) is 0 Å². The molecule has 0 fully saturated rings. The van der Waals surface area contributed by atoms with Crippen LogP contribution in [0.15, 0.2) is 24.3 Å². The van der Waals surface area contributed by atoms with E-state index in [0.29, 0.717) is 25.1 Å². The van der Waals surface area contributed by atoms with E-state index >= 15 is 0 Å². The molecule has 0 aliphatic heterocycles. The molecule has 1 aromatic rings. The van der Waals surface area contributed by atoms with E-state index in [9.17, 15) is 9.59 Å². The van der Waals surface area contributed by atoms with E-state index < -0.39 is 0 Å². The van der Waals surface area contributed by atoms with E-state index in [-0.39, 0.29) is 11.8 Å². The average Bonchev–Trinajstić information content (AvgIpc) is 2.53. The van der Waals surface area contributed by atoms with Crippen LogP contribution in [0.5, 0.6) is 0 Å². The van der Waals surface area contributed by atoms with Gasteiger partial charge in [-0.2, -0.15) is 0 Å². The van der Waals surface area contributed by atoms with Crippen molar-refractivity contribution in [2.75, 3.05) is 13.1 Å². The zero-order valence-electron chi connectivity index (χ0n) is 13.4. The molecule has 0 aliphatic carbocycles. The smallest absolute Gasteiger partial charge is 0.251 e. The summed E-state index contributed by atoms with van der Waals surface area (Å²) < 4.78 is 0. The summed E-state index contributed by atoms with van der Waals surface area (Å²) in [4.78, 5) is 23.3. The lowest BCUT2D eigenvalue weighted by Crippen LogP contribution is -2.23. The lowest BCUT2D eigenvalue weighted by Gasteiger charge is -2.07. The highest BCUT2D eigenvalue weighted by Gasteiger charge is 2.04. The highest BCUT2D eigenvalue weighted by atomic mass is 16.2. The van der Waals surface area contributed by atoms with Crippen molar-refractivity contribution >= 4 is 11.8 Å². The Balaban J connectivity index is 2.26. The topological polar surface area (TPSA) is 84.2 Å². The number of carbonyl (C=O) groups is 2. The van der Waals surface area contributed by atoms with Crippen LogP contribution in [0.4, 0.5) is 0 Å². The molecular weight excluding hydrogens is 278 g/mol. The fourth-order valence-corrected chi connectivity index (χ4v) is 2.11. The number of hydrogen-bond acceptors (Lipinski definition) is 3. The van der Waals surface area contributed by atoms with Gasteiger partial charge in [-0.15, -0.1) is 0 Å². The van der Waals surface area contributed by atoms with Gasteiger partial charge >= 0.3 is 0 Å². The highest BCUT2D eigenvalue weighted by Crippen LogP contribution is 2.05. The number of amides is 2. The standard InChI is InChI=1S/C17H27N3O2/c1-2-19-17(22)15-10-8-14(9-11-15)13-20-16(21)7-5-3-4-6-12-18/h8-11H,2-7,12-13,18H2,1H3,(H,19,22)(H,20,21). The van der Waals surface area contributed by atoms with Crippen LogP contribution in [0.2, 0.25) is 0 Å². The Labute approximate surface area is 132 Å². The van der Waals surface area contributed by atoms with Gasteiger partial charge in [0, 0.05) is 25.1 Å². The summed E-state index contributed by atoms with van der Waals surface area (Å²) in [7, 11) is 0. The molecule has 0 aromatic heterocycles. The summed E-state index contributed by atoms with van der Waals surface area (Å²) in [5, 5.41) is 5.65. The van der Waals surface area contributed by atoms with E-state index in [4.69, 9.17) is 5.73 Å². The third kappa shape index (κ3) is 7.22. The predicted molar refractivity (Wildman–Crippen MR) is 88.4 cm³/mol. The number of nitrogens with one attached hydrogen (secondary N) is 2. The molecule has 0 aliphatic rings. The van der Waals surface area contributed by atoms with E-state index in [1.165, 1.54) is 0 Å². The monoisotopic (exact) mass is 305 g/mol. The van der Waals surface area contributed by atoms with Gasteiger partial charge in [0.15, 0.2) is 0 Å². The second-order valence-corrected chi connectivity index (χ2v) is 5.29. The van der Waals surface area contributed by atoms with Crippen molar-refractivity contribution < 1.29 is 9.59 Å². The minimum atomic E-state index is -0.0736. The summed E-state index contributed by atoms with van der Waals surface area (Å²) in [6.07, 6.45) is 4.63. The minimum Gasteiger partial charge on any atom is -0.352 e. The SMILES string of the molecule is CCNC(=O)c1ccc(CNC(=O)CCCCCCN)cc1. The molecule has 5 nitrogen and oxygen atoms in total. The van der Waals surface area contributed by atoms with Gasteiger partial charge in [-0.1, -0.05) is 25.0 Å². The van der Waals surface area contributed by atoms with Crippen molar-refractivity contribution in [3.05, 3.63) is 35.4 Å². The number of unbranched alkanes of at least 4 members (excludes halogenated alkanes) is 3. The van der Waals surface area contributed by atoms with Crippen LogP contribution in [0, 0.1) is 0 Å². The van der Waals surface area contributed by atoms with Crippen LogP contribution in [0.25, 0.3) is 0 Å². The molecule has 1 aromatic carbocycles. The van der Waals surface area contributed by atoms with E-state index in [1.54, 1.807) is 12.1 Å². The summed E-state index contributed by atoms with van der Waals surface area (Å²) >= 11 is 0. The number of benzene rings is 1. The van der Waals surface area contributed by atoms with Crippen molar-refractivity contribution in [3.8, 4) is 0 Å². The lowest BCUT2D eigenvalue weighted by molar-refractivity contribution is -0.121. The molecule has 122 valence electrons. The van der Waals surface area contributed by atoms with Crippen molar-refractivity contribution in [3.63, 3.8) is 0 Å². The summed E-state index contributed by atoms with van der Waals surface area (Å²) in [5.74, 6) is -0.00360. The van der Waals surface area contributed by atoms with Gasteiger partial charge in [-0.3, -0.25) is 9.59 Å². The molecule has 0 atom stereocenters. The van der Waals surface area contributed by atoms with Gasteiger partial charge in [0.1, 0.15) is 0 Å². The second kappa shape index (κ2) is 10.8. The summed E-state index contributed by atoms with van der Waals surface area (Å²) in [6.45, 7) is 3.72. The molecule has 2 amide bonds. The zero-order chi connectivity index (χ0) is 16.2. The maximum absolute atomic E-state index is 11.7. The first-order valence-corrected chi connectivity index (χ1v) is 8.01. The van der Waals surface area contributed by atoms with Crippen LogP contribution in [0.3, 0.4) is 0 Å². The fraction of sp³-hybridized carbons (Fsp3) is 0.529. The molecule has 0 heterocycles. The van der Waals surface area contributed by atoms with Crippen molar-refractivity contribution in [1.29, 1.82) is 0 Å². The van der Waals surface area contributed by atoms with E-state index in [0.717, 1.165) is 37.8 Å². The highest BCUT2D eigenvalue weighted by molar-refractivity contribution is 5.94. The average molecular weight is 305 g/mol. The van der Waals surface area contributed by atoms with Crippen molar-refractivity contribution in [2.45, 2.75) is 45.6 Å². The molecule has 5 heteroatoms. The third-order valence-corrected chi connectivity index (χ3v) is 3.40. The zero-order valence-corrected chi connectivity index (χ0v) is 13.4. The first-order valence-electron chi connectivity index (χ1n) is 8.01. The number of carbonyl (C=O) groups excluding carboxylic acids is 2. The molecule has 4 N–H and O–H groups in total. The summed E-state index contributed by atoms with van der Waals surface area (Å²) in [5.41, 5.74) is 7.05. The first-order chi connectivity index (χ1) is 10.7. The van der Waals surface area contributed by atoms with E-state index in [1.807, 2.05) is 19.1 Å². The Kier molecular flexibility index (Phi) is 8.91. The van der Waals surface area contributed by atoms with Gasteiger partial charge in [0.25, 0.3) is 5.91 Å². The first kappa shape index (κ1) is 18.2. The Hall–Kier alpha value is -1.88. The molecule has 1 rings (SSSR count). The van der Waals surface area contributed by atoms with Crippen LogP contribution in [-0.2, 0) is 11.3 Å². The Morgan fingerprint density at radius 3 is 2.32 bits per heavy atom. The molecule has 0 saturated carbocycles. The molecule has 0 bridgehead atoms. The second-order valence-electron chi connectivity index (χ2n) is 5.29. The van der Waals surface area contributed by atoms with Crippen LogP contribution in [-0.4, -0.2) is 24.9 Å². The van der Waals surface area contributed by atoms with Crippen LogP contribution >= 0.6 is 0 Å². The van der Waals surface area contributed by atoms with Gasteiger partial charge in [-0.05, 0) is 44.0 Å². The van der Waals surface area contributed by atoms with Crippen molar-refractivity contribution in [1.82, 2.24) is 10.6 Å². The molecule has 0 spiro atoms. The van der Waals surface area contributed by atoms with Gasteiger partial charge in [0.2, 0.25) is 5.91 Å². The normalized spacial score (nSPS) is 10.3. The largest absolute Gasteiger partial charge is 0.352 e. The molecule has 0 radical (unpaired) electrons. The Morgan fingerprint density at radius 2 is 1.68 bits per heavy atom. The van der Waals surface area contributed by atoms with Crippen LogP contribution in [0.1, 0.15) is 54.9 Å². The number of hydrogen-bond donors (Lipinski definition) is 3. The maximum Gasteiger partial charge on any atom is 0.251 e. The summed E-state index contributed by atoms with van der Waals surface area (Å²) in [6, 6.07) is 7.29. The van der Waals surface area contributed by atoms with Crippen LogP contribution < -0.4 is 16.4 Å². The van der Waals surface area contributed by atoms with Gasteiger partial charge < -0.3 is 16.4 Å². The molecule has 0 saturated heterocycles. The third-order valence-electron chi connectivity index (χ3n) is 3.40. The quantitative estimate of drug-likeness (QED) is 0.578. The maximum atomic E-state index is 11.7. The van der Waals surface area contributed by atoms with E-state index in [2.05, 4.69) is 10.6 Å². The molecule has 22 heavy (non-hydrogen) atoms. The minimum absolute atomic E-state index is 0.0700. The fourth-order valence-electron chi connectivity index (χ4n) is 2.11. The molecule has 0 unspecified atom stereocenters.